The molecule has 3 rings (SSSR count). The summed E-state index contributed by atoms with van der Waals surface area (Å²) in [6.45, 7) is 0.222. The molecule has 1 fully saturated rings. The number of aliphatic imine (C=N–C) groups is 1. The van der Waals surface area contributed by atoms with Crippen molar-refractivity contribution in [3.63, 3.8) is 0 Å². The van der Waals surface area contributed by atoms with Gasteiger partial charge in [0.2, 0.25) is 0 Å². The van der Waals surface area contributed by atoms with Crippen LogP contribution in [0.1, 0.15) is 11.1 Å². The Labute approximate surface area is 180 Å². The lowest BCUT2D eigenvalue weighted by atomic mass is 10.1. The van der Waals surface area contributed by atoms with Gasteiger partial charge in [-0.15, -0.1) is 0 Å². The third kappa shape index (κ3) is 4.49. The first kappa shape index (κ1) is 20.7. The van der Waals surface area contributed by atoms with E-state index in [1.54, 1.807) is 33.3 Å². The number of amides is 1. The molecule has 28 heavy (non-hydrogen) atoms. The Kier molecular flexibility index (Phi) is 6.61. The SMILES string of the molecule is CN=C1S/C(=C/c2cc(I)c(OCc3cccc(F)c3)c(OC)c2)C(=O)N1C. The summed E-state index contributed by atoms with van der Waals surface area (Å²) in [5.74, 6) is 0.727. The van der Waals surface area contributed by atoms with Crippen molar-refractivity contribution < 1.29 is 18.7 Å². The fourth-order valence-electron chi connectivity index (χ4n) is 2.65. The second-order valence-corrected chi connectivity index (χ2v) is 8.10. The lowest BCUT2D eigenvalue weighted by Gasteiger charge is -2.14. The van der Waals surface area contributed by atoms with E-state index in [1.165, 1.54) is 28.8 Å². The predicted molar refractivity (Wildman–Crippen MR) is 118 cm³/mol. The van der Waals surface area contributed by atoms with E-state index >= 15 is 0 Å². The number of thioether (sulfide) groups is 1. The Morgan fingerprint density at radius 2 is 2.11 bits per heavy atom. The number of carbonyl (C=O) groups excluding carboxylic acids is 1. The molecular weight excluding hydrogens is 494 g/mol. The summed E-state index contributed by atoms with van der Waals surface area (Å²) in [5.41, 5.74) is 1.55. The Bertz CT molecular complexity index is 978. The van der Waals surface area contributed by atoms with Gasteiger partial charge >= 0.3 is 0 Å². The van der Waals surface area contributed by atoms with Crippen LogP contribution in [0.2, 0.25) is 0 Å². The molecule has 8 heteroatoms. The molecule has 0 atom stereocenters. The zero-order valence-electron chi connectivity index (χ0n) is 15.5. The zero-order valence-corrected chi connectivity index (χ0v) is 18.5. The molecule has 1 saturated heterocycles. The first-order valence-electron chi connectivity index (χ1n) is 8.32. The van der Waals surface area contributed by atoms with Crippen LogP contribution in [-0.2, 0) is 11.4 Å². The Hall–Kier alpha value is -2.07. The molecule has 2 aromatic carbocycles. The molecule has 2 aromatic rings. The molecule has 1 heterocycles. The molecule has 5 nitrogen and oxygen atoms in total. The van der Waals surface area contributed by atoms with Crippen molar-refractivity contribution in [2.24, 2.45) is 4.99 Å². The topological polar surface area (TPSA) is 51.1 Å². The molecule has 0 saturated carbocycles. The van der Waals surface area contributed by atoms with E-state index in [0.717, 1.165) is 14.7 Å². The van der Waals surface area contributed by atoms with Gasteiger partial charge in [-0.2, -0.15) is 0 Å². The molecule has 0 unspecified atom stereocenters. The maximum atomic E-state index is 13.3. The minimum Gasteiger partial charge on any atom is -0.493 e. The van der Waals surface area contributed by atoms with Gasteiger partial charge in [0.1, 0.15) is 12.4 Å². The molecule has 1 aliphatic rings. The monoisotopic (exact) mass is 512 g/mol. The standard InChI is InChI=1S/C20H18FIN2O3S/c1-23-20-24(2)19(25)17(28-20)10-13-8-15(22)18(16(9-13)26-3)27-11-12-5-4-6-14(21)7-12/h4-10H,11H2,1-3H3/b17-10+,23-20?. The summed E-state index contributed by atoms with van der Waals surface area (Å²) in [5, 5.41) is 0.660. The highest BCUT2D eigenvalue weighted by molar-refractivity contribution is 14.1. The molecule has 0 aliphatic carbocycles. The molecule has 1 amide bonds. The number of methoxy groups -OCH3 is 1. The molecule has 0 spiro atoms. The van der Waals surface area contributed by atoms with E-state index in [-0.39, 0.29) is 18.3 Å². The van der Waals surface area contributed by atoms with Crippen molar-refractivity contribution >= 4 is 51.5 Å². The summed E-state index contributed by atoms with van der Waals surface area (Å²) >= 11 is 3.49. The largest absolute Gasteiger partial charge is 0.493 e. The van der Waals surface area contributed by atoms with Gasteiger partial charge in [-0.1, -0.05) is 12.1 Å². The van der Waals surface area contributed by atoms with Crippen LogP contribution in [0.4, 0.5) is 4.39 Å². The highest BCUT2D eigenvalue weighted by atomic mass is 127. The van der Waals surface area contributed by atoms with Crippen molar-refractivity contribution in [1.82, 2.24) is 4.90 Å². The van der Waals surface area contributed by atoms with Gasteiger partial charge < -0.3 is 9.47 Å². The van der Waals surface area contributed by atoms with Crippen molar-refractivity contribution in [2.45, 2.75) is 6.61 Å². The maximum Gasteiger partial charge on any atom is 0.266 e. The first-order chi connectivity index (χ1) is 13.4. The van der Waals surface area contributed by atoms with Crippen molar-refractivity contribution in [2.75, 3.05) is 21.2 Å². The van der Waals surface area contributed by atoms with Gasteiger partial charge in [-0.25, -0.2) is 4.39 Å². The molecule has 0 aromatic heterocycles. The van der Waals surface area contributed by atoms with Gasteiger partial charge in [0.25, 0.3) is 5.91 Å². The lowest BCUT2D eigenvalue weighted by Crippen LogP contribution is -2.23. The maximum absolute atomic E-state index is 13.3. The Morgan fingerprint density at radius 1 is 1.32 bits per heavy atom. The number of ether oxygens (including phenoxy) is 2. The molecule has 0 N–H and O–H groups in total. The number of hydrogen-bond acceptors (Lipinski definition) is 5. The van der Waals surface area contributed by atoms with Crippen LogP contribution in [0.3, 0.4) is 0 Å². The van der Waals surface area contributed by atoms with E-state index in [9.17, 15) is 9.18 Å². The van der Waals surface area contributed by atoms with E-state index in [2.05, 4.69) is 27.6 Å². The summed E-state index contributed by atoms with van der Waals surface area (Å²) < 4.78 is 25.5. The van der Waals surface area contributed by atoms with Gasteiger partial charge in [0.05, 0.1) is 15.6 Å². The smallest absolute Gasteiger partial charge is 0.266 e. The molecule has 146 valence electrons. The number of benzene rings is 2. The summed E-state index contributed by atoms with van der Waals surface area (Å²) in [6, 6.07) is 9.99. The number of nitrogens with zero attached hydrogens (tertiary/aromatic N) is 2. The predicted octanol–water partition coefficient (Wildman–Crippen LogP) is 4.55. The third-order valence-corrected chi connectivity index (χ3v) is 5.97. The normalized spacial score (nSPS) is 16.9. The second kappa shape index (κ2) is 8.95. The van der Waals surface area contributed by atoms with Crippen molar-refractivity contribution in [3.05, 3.63) is 61.8 Å². The lowest BCUT2D eigenvalue weighted by molar-refractivity contribution is -0.121. The number of likely N-dealkylation sites (N-methyl/N-ethyl adjacent to an activating group) is 1. The average Bonchev–Trinajstić information content (AvgIpc) is 2.94. The molecule has 0 bridgehead atoms. The van der Waals surface area contributed by atoms with E-state index in [4.69, 9.17) is 9.47 Å². The fraction of sp³-hybridized carbons (Fsp3) is 0.200. The molecule has 1 aliphatic heterocycles. The van der Waals surface area contributed by atoms with E-state index in [0.29, 0.717) is 21.6 Å². The number of hydrogen-bond donors (Lipinski definition) is 0. The quantitative estimate of drug-likeness (QED) is 0.436. The number of amidine groups is 1. The van der Waals surface area contributed by atoms with Gasteiger partial charge in [-0.05, 0) is 75.8 Å². The van der Waals surface area contributed by atoms with Crippen LogP contribution >= 0.6 is 34.4 Å². The summed E-state index contributed by atoms with van der Waals surface area (Å²) in [4.78, 5) is 18.6. The number of carbonyl (C=O) groups is 1. The Morgan fingerprint density at radius 3 is 2.75 bits per heavy atom. The van der Waals surface area contributed by atoms with Crippen LogP contribution < -0.4 is 9.47 Å². The van der Waals surface area contributed by atoms with Crippen LogP contribution in [0.15, 0.2) is 46.3 Å². The van der Waals surface area contributed by atoms with E-state index in [1.807, 2.05) is 18.2 Å². The minimum absolute atomic E-state index is 0.0917. The van der Waals surface area contributed by atoms with Crippen LogP contribution in [0, 0.1) is 9.39 Å². The van der Waals surface area contributed by atoms with Gasteiger partial charge in [-0.3, -0.25) is 14.7 Å². The van der Waals surface area contributed by atoms with Crippen LogP contribution in [0.5, 0.6) is 11.5 Å². The van der Waals surface area contributed by atoms with Gasteiger partial charge in [0, 0.05) is 14.1 Å². The fourth-order valence-corrected chi connectivity index (χ4v) is 4.35. The summed E-state index contributed by atoms with van der Waals surface area (Å²) in [7, 11) is 4.92. The Balaban J connectivity index is 1.86. The molecular formula is C20H18FIN2O3S. The average molecular weight is 512 g/mol. The van der Waals surface area contributed by atoms with Crippen molar-refractivity contribution in [1.29, 1.82) is 0 Å². The minimum atomic E-state index is -0.302. The zero-order chi connectivity index (χ0) is 20.3. The number of halogens is 2. The number of rotatable bonds is 5. The van der Waals surface area contributed by atoms with Crippen LogP contribution in [-0.4, -0.2) is 37.2 Å². The highest BCUT2D eigenvalue weighted by Crippen LogP contribution is 2.37. The van der Waals surface area contributed by atoms with Crippen molar-refractivity contribution in [3.8, 4) is 11.5 Å². The highest BCUT2D eigenvalue weighted by Gasteiger charge is 2.29. The van der Waals surface area contributed by atoms with Gasteiger partial charge in [0.15, 0.2) is 16.7 Å². The molecule has 0 radical (unpaired) electrons. The second-order valence-electron chi connectivity index (χ2n) is 5.93. The van der Waals surface area contributed by atoms with Crippen LogP contribution in [0.25, 0.3) is 6.08 Å². The third-order valence-electron chi connectivity index (χ3n) is 4.02. The summed E-state index contributed by atoms with van der Waals surface area (Å²) in [6.07, 6.45) is 1.81. The van der Waals surface area contributed by atoms with E-state index < -0.39 is 0 Å². The first-order valence-corrected chi connectivity index (χ1v) is 10.2.